The normalized spacial score (nSPS) is 9.87. The Bertz CT molecular complexity index is 491. The van der Waals surface area contributed by atoms with Gasteiger partial charge in [0.1, 0.15) is 0 Å². The van der Waals surface area contributed by atoms with Crippen LogP contribution in [0, 0.1) is 0 Å². The quantitative estimate of drug-likeness (QED) is 0.612. The second-order valence-corrected chi connectivity index (χ2v) is 3.53. The first-order chi connectivity index (χ1) is 7.33. The van der Waals surface area contributed by atoms with E-state index in [1.54, 1.807) is 5.37 Å². The van der Waals surface area contributed by atoms with Gasteiger partial charge in [0.2, 0.25) is 0 Å². The van der Waals surface area contributed by atoms with Gasteiger partial charge in [-0.2, -0.15) is 0 Å². The fourth-order valence-electron chi connectivity index (χ4n) is 1.59. The van der Waals surface area contributed by atoms with Crippen LogP contribution in [0.1, 0.15) is 5.56 Å². The molecule has 0 heterocycles. The summed E-state index contributed by atoms with van der Waals surface area (Å²) in [6.45, 7) is 0. The Morgan fingerprint density at radius 1 is 0.867 bits per heavy atom. The summed E-state index contributed by atoms with van der Waals surface area (Å²) in [5.74, 6) is 0. The van der Waals surface area contributed by atoms with E-state index in [2.05, 4.69) is 0 Å². The van der Waals surface area contributed by atoms with Crippen molar-refractivity contribution in [3.8, 4) is 11.1 Å². The molecule has 74 valence electrons. The van der Waals surface area contributed by atoms with Crippen LogP contribution in [0.25, 0.3) is 11.1 Å². The van der Waals surface area contributed by atoms with Crippen LogP contribution in [0.2, 0.25) is 0 Å². The molecule has 2 aromatic carbocycles. The molecule has 0 spiro atoms. The van der Waals surface area contributed by atoms with Gasteiger partial charge in [-0.15, -0.1) is 0 Å². The first-order valence-electron chi connectivity index (χ1n) is 4.72. The van der Waals surface area contributed by atoms with Gasteiger partial charge >= 0.3 is 0 Å². The molecule has 0 bridgehead atoms. The monoisotopic (exact) mass is 213 g/mol. The van der Waals surface area contributed by atoms with Gasteiger partial charge < -0.3 is 5.73 Å². The van der Waals surface area contributed by atoms with Crippen LogP contribution < -0.4 is 5.73 Å². The van der Waals surface area contributed by atoms with E-state index < -0.39 is 0 Å². The molecular weight excluding hydrogens is 202 g/mol. The number of nitrogens with two attached hydrogens (primary N) is 1. The van der Waals surface area contributed by atoms with Crippen LogP contribution in [0.15, 0.2) is 48.5 Å². The summed E-state index contributed by atoms with van der Waals surface area (Å²) in [5.41, 5.74) is 9.87. The summed E-state index contributed by atoms with van der Waals surface area (Å²) in [6.07, 6.45) is 0. The lowest BCUT2D eigenvalue weighted by atomic mass is 9.99. The summed E-state index contributed by atoms with van der Waals surface area (Å²) in [5, 5.41) is 1.68. The molecule has 0 unspecified atom stereocenters. The van der Waals surface area contributed by atoms with Crippen LogP contribution in [-0.4, -0.2) is 5.37 Å². The molecule has 15 heavy (non-hydrogen) atoms. The van der Waals surface area contributed by atoms with Crippen molar-refractivity contribution in [2.24, 2.45) is 0 Å². The van der Waals surface area contributed by atoms with Crippen molar-refractivity contribution in [3.63, 3.8) is 0 Å². The number of benzene rings is 2. The van der Waals surface area contributed by atoms with E-state index in [1.807, 2.05) is 48.5 Å². The minimum atomic E-state index is 0.779. The van der Waals surface area contributed by atoms with E-state index in [9.17, 15) is 0 Å². The zero-order valence-electron chi connectivity index (χ0n) is 8.18. The molecule has 0 aliphatic carbocycles. The molecule has 0 fully saturated rings. The highest BCUT2D eigenvalue weighted by atomic mass is 32.1. The minimum Gasteiger partial charge on any atom is -0.398 e. The fourth-order valence-corrected chi connectivity index (χ4v) is 1.79. The number of thiocarbonyl (C=S) groups is 1. The molecule has 2 aromatic rings. The van der Waals surface area contributed by atoms with Crippen LogP contribution in [0.3, 0.4) is 0 Å². The Labute approximate surface area is 94.6 Å². The predicted octanol–water partition coefficient (Wildman–Crippen LogP) is 3.28. The SMILES string of the molecule is Nc1ccccc1-c1ccccc1C=S. The van der Waals surface area contributed by atoms with Crippen LogP contribution in [-0.2, 0) is 0 Å². The third-order valence-corrected chi connectivity index (χ3v) is 2.59. The van der Waals surface area contributed by atoms with Crippen molar-refractivity contribution in [2.75, 3.05) is 5.73 Å². The van der Waals surface area contributed by atoms with E-state index in [0.717, 1.165) is 22.4 Å². The first kappa shape index (κ1) is 9.87. The van der Waals surface area contributed by atoms with Crippen LogP contribution in [0.5, 0.6) is 0 Å². The lowest BCUT2D eigenvalue weighted by Gasteiger charge is -2.08. The number of hydrogen-bond acceptors (Lipinski definition) is 2. The van der Waals surface area contributed by atoms with Gasteiger partial charge in [0.05, 0.1) is 0 Å². The Morgan fingerprint density at radius 3 is 2.13 bits per heavy atom. The van der Waals surface area contributed by atoms with Crippen molar-refractivity contribution in [1.82, 2.24) is 0 Å². The van der Waals surface area contributed by atoms with Gasteiger partial charge in [0.25, 0.3) is 0 Å². The van der Waals surface area contributed by atoms with E-state index in [4.69, 9.17) is 18.0 Å². The van der Waals surface area contributed by atoms with Gasteiger partial charge in [-0.1, -0.05) is 54.7 Å². The minimum absolute atomic E-state index is 0.779. The van der Waals surface area contributed by atoms with E-state index in [1.165, 1.54) is 0 Å². The number of para-hydroxylation sites is 1. The van der Waals surface area contributed by atoms with Crippen molar-refractivity contribution < 1.29 is 0 Å². The van der Waals surface area contributed by atoms with Gasteiger partial charge in [0, 0.05) is 16.6 Å². The van der Waals surface area contributed by atoms with Gasteiger partial charge in [-0.25, -0.2) is 0 Å². The Kier molecular flexibility index (Phi) is 2.79. The molecule has 0 aromatic heterocycles. The van der Waals surface area contributed by atoms with Gasteiger partial charge in [-0.3, -0.25) is 0 Å². The van der Waals surface area contributed by atoms with E-state index >= 15 is 0 Å². The molecule has 1 nitrogen and oxygen atoms in total. The second kappa shape index (κ2) is 4.24. The van der Waals surface area contributed by atoms with Crippen molar-refractivity contribution in [1.29, 1.82) is 0 Å². The molecule has 2 N–H and O–H groups in total. The number of hydrogen-bond donors (Lipinski definition) is 1. The summed E-state index contributed by atoms with van der Waals surface area (Å²) >= 11 is 4.98. The van der Waals surface area contributed by atoms with Crippen molar-refractivity contribution >= 4 is 23.3 Å². The van der Waals surface area contributed by atoms with Crippen LogP contribution >= 0.6 is 12.2 Å². The number of nitrogen functional groups attached to an aromatic ring is 1. The van der Waals surface area contributed by atoms with E-state index in [-0.39, 0.29) is 0 Å². The Hall–Kier alpha value is -1.67. The maximum Gasteiger partial charge on any atom is 0.0393 e. The maximum absolute atomic E-state index is 5.93. The molecule has 2 heteroatoms. The molecule has 0 atom stereocenters. The molecule has 0 aliphatic rings. The zero-order valence-corrected chi connectivity index (χ0v) is 9.00. The molecule has 0 aliphatic heterocycles. The summed E-state index contributed by atoms with van der Waals surface area (Å²) in [7, 11) is 0. The summed E-state index contributed by atoms with van der Waals surface area (Å²) < 4.78 is 0. The van der Waals surface area contributed by atoms with Gasteiger partial charge in [0.15, 0.2) is 0 Å². The van der Waals surface area contributed by atoms with E-state index in [0.29, 0.717) is 0 Å². The maximum atomic E-state index is 5.93. The second-order valence-electron chi connectivity index (χ2n) is 3.29. The topological polar surface area (TPSA) is 26.0 Å². The third kappa shape index (κ3) is 1.90. The standard InChI is InChI=1S/C13H11NS/c14-13-8-4-3-7-12(13)11-6-2-1-5-10(11)9-15/h1-9H,14H2. The predicted molar refractivity (Wildman–Crippen MR) is 69.0 cm³/mol. The summed E-state index contributed by atoms with van der Waals surface area (Å²) in [4.78, 5) is 0. The zero-order chi connectivity index (χ0) is 10.7. The Morgan fingerprint density at radius 2 is 1.47 bits per heavy atom. The smallest absolute Gasteiger partial charge is 0.0393 e. The highest BCUT2D eigenvalue weighted by Crippen LogP contribution is 2.27. The molecule has 0 amide bonds. The average molecular weight is 213 g/mol. The number of anilines is 1. The highest BCUT2D eigenvalue weighted by molar-refractivity contribution is 7.79. The van der Waals surface area contributed by atoms with Gasteiger partial charge in [-0.05, 0) is 17.2 Å². The largest absolute Gasteiger partial charge is 0.398 e. The van der Waals surface area contributed by atoms with Crippen molar-refractivity contribution in [2.45, 2.75) is 0 Å². The fraction of sp³-hybridized carbons (Fsp3) is 0. The first-order valence-corrected chi connectivity index (χ1v) is 5.19. The molecule has 0 radical (unpaired) electrons. The van der Waals surface area contributed by atoms with Crippen LogP contribution in [0.4, 0.5) is 5.69 Å². The lowest BCUT2D eigenvalue weighted by molar-refractivity contribution is 1.60. The number of rotatable bonds is 2. The molecular formula is C13H11NS. The van der Waals surface area contributed by atoms with Crippen molar-refractivity contribution in [3.05, 3.63) is 54.1 Å². The highest BCUT2D eigenvalue weighted by Gasteiger charge is 2.04. The molecule has 0 saturated heterocycles. The lowest BCUT2D eigenvalue weighted by Crippen LogP contribution is -1.92. The molecule has 2 rings (SSSR count). The Balaban J connectivity index is 2.64. The third-order valence-electron chi connectivity index (χ3n) is 2.34. The average Bonchev–Trinajstić information content (AvgIpc) is 2.30. The molecule has 0 saturated carbocycles. The summed E-state index contributed by atoms with van der Waals surface area (Å²) in [6, 6.07) is 15.8.